The second kappa shape index (κ2) is 7.73. The molecule has 0 bridgehead atoms. The minimum absolute atomic E-state index is 0.0814. The van der Waals surface area contributed by atoms with E-state index in [-0.39, 0.29) is 18.4 Å². The first-order chi connectivity index (χ1) is 12.0. The summed E-state index contributed by atoms with van der Waals surface area (Å²) in [6, 6.07) is 4.66. The Morgan fingerprint density at radius 2 is 1.88 bits per heavy atom. The highest BCUT2D eigenvalue weighted by atomic mass is 19.4. The highest BCUT2D eigenvalue weighted by Gasteiger charge is 2.36. The molecule has 0 aromatic heterocycles. The van der Waals surface area contributed by atoms with Crippen LogP contribution in [0.15, 0.2) is 24.3 Å². The van der Waals surface area contributed by atoms with E-state index in [1.165, 1.54) is 24.1 Å². The van der Waals surface area contributed by atoms with Gasteiger partial charge in [0.25, 0.3) is 0 Å². The smallest absolute Gasteiger partial charge is 0.416 e. The average Bonchev–Trinajstić information content (AvgIpc) is 2.52. The number of carbonyl (C=O) groups is 1. The second-order valence-corrected chi connectivity index (χ2v) is 7.17. The largest absolute Gasteiger partial charge is 0.486 e. The Hall–Kier alpha value is -1.96. The van der Waals surface area contributed by atoms with Gasteiger partial charge in [-0.05, 0) is 45.4 Å². The van der Waals surface area contributed by atoms with Crippen LogP contribution in [0.3, 0.4) is 0 Å². The van der Waals surface area contributed by atoms with E-state index in [9.17, 15) is 18.0 Å². The molecule has 2 rings (SSSR count). The number of halogens is 3. The highest BCUT2D eigenvalue weighted by Crippen LogP contribution is 2.32. The van der Waals surface area contributed by atoms with Gasteiger partial charge >= 0.3 is 12.3 Å². The van der Waals surface area contributed by atoms with Crippen molar-refractivity contribution in [2.45, 2.75) is 51.2 Å². The van der Waals surface area contributed by atoms with Crippen molar-refractivity contribution in [2.75, 3.05) is 20.2 Å². The van der Waals surface area contributed by atoms with Crippen LogP contribution in [0, 0.1) is 0 Å². The summed E-state index contributed by atoms with van der Waals surface area (Å²) in [5.74, 6) is 0.0814. The third kappa shape index (κ3) is 5.52. The first-order valence-electron chi connectivity index (χ1n) is 8.34. The molecule has 1 aliphatic rings. The number of amides is 1. The lowest BCUT2D eigenvalue weighted by atomic mass is 10.0. The number of carbonyl (C=O) groups excluding carboxylic acids is 1. The summed E-state index contributed by atoms with van der Waals surface area (Å²) in [5, 5.41) is 0. The Labute approximate surface area is 151 Å². The zero-order chi connectivity index (χ0) is 19.5. The molecule has 1 saturated heterocycles. The molecule has 0 aliphatic carbocycles. The van der Waals surface area contributed by atoms with E-state index < -0.39 is 29.5 Å². The Kier molecular flexibility index (Phi) is 6.05. The van der Waals surface area contributed by atoms with Crippen molar-refractivity contribution in [3.05, 3.63) is 29.8 Å². The van der Waals surface area contributed by atoms with Crippen LogP contribution in [0.5, 0.6) is 5.75 Å². The highest BCUT2D eigenvalue weighted by molar-refractivity contribution is 5.68. The number of benzene rings is 1. The molecule has 2 unspecified atom stereocenters. The summed E-state index contributed by atoms with van der Waals surface area (Å²) in [5.41, 5.74) is -1.42. The van der Waals surface area contributed by atoms with Gasteiger partial charge < -0.3 is 19.1 Å². The maximum absolute atomic E-state index is 12.9. The fourth-order valence-electron chi connectivity index (χ4n) is 2.69. The van der Waals surface area contributed by atoms with Gasteiger partial charge in [-0.25, -0.2) is 4.79 Å². The molecule has 8 heteroatoms. The van der Waals surface area contributed by atoms with E-state index in [1.54, 1.807) is 20.8 Å². The van der Waals surface area contributed by atoms with Crippen molar-refractivity contribution in [3.8, 4) is 5.75 Å². The third-order valence-corrected chi connectivity index (χ3v) is 3.90. The molecule has 2 atom stereocenters. The molecule has 0 radical (unpaired) electrons. The maximum Gasteiger partial charge on any atom is 0.416 e. The maximum atomic E-state index is 12.9. The Morgan fingerprint density at radius 1 is 1.19 bits per heavy atom. The first-order valence-corrected chi connectivity index (χ1v) is 8.34. The van der Waals surface area contributed by atoms with Gasteiger partial charge in [-0.2, -0.15) is 13.2 Å². The molecule has 146 valence electrons. The van der Waals surface area contributed by atoms with Crippen molar-refractivity contribution in [2.24, 2.45) is 0 Å². The predicted molar refractivity (Wildman–Crippen MR) is 89.1 cm³/mol. The molecule has 1 amide bonds. The number of hydrogen-bond acceptors (Lipinski definition) is 4. The minimum atomic E-state index is -4.45. The van der Waals surface area contributed by atoms with E-state index in [0.29, 0.717) is 13.0 Å². The molecule has 0 N–H and O–H groups in total. The van der Waals surface area contributed by atoms with Crippen LogP contribution < -0.4 is 4.74 Å². The Morgan fingerprint density at radius 3 is 2.46 bits per heavy atom. The molecule has 5 nitrogen and oxygen atoms in total. The number of likely N-dealkylation sites (tertiary alicyclic amines) is 1. The summed E-state index contributed by atoms with van der Waals surface area (Å²) in [7, 11) is 1.51. The predicted octanol–water partition coefficient (Wildman–Crippen LogP) is 4.11. The molecule has 1 fully saturated rings. The minimum Gasteiger partial charge on any atom is -0.486 e. The number of nitrogens with zero attached hydrogens (tertiary/aromatic N) is 1. The summed E-state index contributed by atoms with van der Waals surface area (Å²) >= 11 is 0. The van der Waals surface area contributed by atoms with Gasteiger partial charge in [0.2, 0.25) is 0 Å². The van der Waals surface area contributed by atoms with Crippen molar-refractivity contribution < 1.29 is 32.2 Å². The first kappa shape index (κ1) is 20.4. The third-order valence-electron chi connectivity index (χ3n) is 3.90. The van der Waals surface area contributed by atoms with Crippen LogP contribution >= 0.6 is 0 Å². The molecule has 0 saturated carbocycles. The number of methoxy groups -OCH3 is 1. The standard InChI is InChI=1S/C18H24F3NO4/c1-17(2,3)26-16(23)22-9-8-14(24-4)15(11-22)25-13-7-5-6-12(10-13)18(19,20)21/h5-7,10,14-15H,8-9,11H2,1-4H3. The second-order valence-electron chi connectivity index (χ2n) is 7.17. The van der Waals surface area contributed by atoms with Gasteiger partial charge in [-0.1, -0.05) is 6.07 Å². The number of rotatable bonds is 3. The molecule has 0 spiro atoms. The van der Waals surface area contributed by atoms with Crippen LogP contribution in [0.1, 0.15) is 32.8 Å². The van der Waals surface area contributed by atoms with Gasteiger partial charge in [0.05, 0.1) is 18.2 Å². The molecular weight excluding hydrogens is 351 g/mol. The quantitative estimate of drug-likeness (QED) is 0.798. The fourth-order valence-corrected chi connectivity index (χ4v) is 2.69. The normalized spacial score (nSPS) is 21.4. The van der Waals surface area contributed by atoms with Crippen LogP contribution in [-0.2, 0) is 15.7 Å². The lowest BCUT2D eigenvalue weighted by Gasteiger charge is -2.38. The van der Waals surface area contributed by atoms with E-state index in [0.717, 1.165) is 12.1 Å². The molecule has 1 aromatic rings. The van der Waals surface area contributed by atoms with Crippen LogP contribution in [0.2, 0.25) is 0 Å². The van der Waals surface area contributed by atoms with Crippen molar-refractivity contribution in [3.63, 3.8) is 0 Å². The summed E-state index contributed by atoms with van der Waals surface area (Å²) in [4.78, 5) is 13.7. The number of ether oxygens (including phenoxy) is 3. The molecule has 26 heavy (non-hydrogen) atoms. The van der Waals surface area contributed by atoms with Crippen molar-refractivity contribution in [1.29, 1.82) is 0 Å². The van der Waals surface area contributed by atoms with Gasteiger partial charge in [-0.3, -0.25) is 0 Å². The zero-order valence-electron chi connectivity index (χ0n) is 15.3. The van der Waals surface area contributed by atoms with Gasteiger partial charge in [0.1, 0.15) is 17.5 Å². The molecule has 1 aromatic carbocycles. The van der Waals surface area contributed by atoms with Gasteiger partial charge in [0.15, 0.2) is 0 Å². The summed E-state index contributed by atoms with van der Waals surface area (Å²) in [6.07, 6.45) is -5.35. The monoisotopic (exact) mass is 375 g/mol. The number of piperidine rings is 1. The van der Waals surface area contributed by atoms with Gasteiger partial charge in [0, 0.05) is 13.7 Å². The summed E-state index contributed by atoms with van der Waals surface area (Å²) in [6.45, 7) is 5.90. The zero-order valence-corrected chi connectivity index (χ0v) is 15.3. The van der Waals surface area contributed by atoms with E-state index in [4.69, 9.17) is 14.2 Å². The Balaban J connectivity index is 2.11. The van der Waals surface area contributed by atoms with Crippen molar-refractivity contribution >= 4 is 6.09 Å². The average molecular weight is 375 g/mol. The van der Waals surface area contributed by atoms with Crippen molar-refractivity contribution in [1.82, 2.24) is 4.90 Å². The van der Waals surface area contributed by atoms with Crippen LogP contribution in [-0.4, -0.2) is 49.0 Å². The number of hydrogen-bond donors (Lipinski definition) is 0. The summed E-state index contributed by atoms with van der Waals surface area (Å²) < 4.78 is 55.1. The van der Waals surface area contributed by atoms with E-state index in [2.05, 4.69) is 0 Å². The van der Waals surface area contributed by atoms with Gasteiger partial charge in [-0.15, -0.1) is 0 Å². The lowest BCUT2D eigenvalue weighted by Crippen LogP contribution is -2.53. The molecule has 1 heterocycles. The molecule has 1 aliphatic heterocycles. The fraction of sp³-hybridized carbons (Fsp3) is 0.611. The van der Waals surface area contributed by atoms with E-state index >= 15 is 0 Å². The molecular formula is C18H24F3NO4. The Bertz CT molecular complexity index is 628. The number of alkyl halides is 3. The van der Waals surface area contributed by atoms with E-state index in [1.807, 2.05) is 0 Å². The lowest BCUT2D eigenvalue weighted by molar-refractivity contribution is -0.137. The SMILES string of the molecule is COC1CCN(C(=O)OC(C)(C)C)CC1Oc1cccc(C(F)(F)F)c1. The topological polar surface area (TPSA) is 48.0 Å². The van der Waals surface area contributed by atoms with Crippen LogP contribution in [0.25, 0.3) is 0 Å². The van der Waals surface area contributed by atoms with Crippen LogP contribution in [0.4, 0.5) is 18.0 Å².